The number of rotatable bonds is 18. The summed E-state index contributed by atoms with van der Waals surface area (Å²) in [6.45, 7) is 15.3. The second-order valence-corrected chi connectivity index (χ2v) is 14.5. The van der Waals surface area contributed by atoms with Gasteiger partial charge in [-0.3, -0.25) is 38.6 Å². The van der Waals surface area contributed by atoms with E-state index in [4.69, 9.17) is 17.2 Å². The average molecular weight is 926 g/mol. The number of aromatic hydroxyl groups is 1. The van der Waals surface area contributed by atoms with Gasteiger partial charge in [0.2, 0.25) is 41.4 Å². The van der Waals surface area contributed by atoms with Gasteiger partial charge in [-0.15, -0.1) is 0 Å². The van der Waals surface area contributed by atoms with Crippen molar-refractivity contribution < 1.29 is 48.3 Å². The second-order valence-electron chi connectivity index (χ2n) is 14.5. The van der Waals surface area contributed by atoms with E-state index in [0.717, 1.165) is 11.1 Å². The Morgan fingerprint density at radius 3 is 1.32 bits per heavy atom. The molecule has 1 aromatic carbocycles. The van der Waals surface area contributed by atoms with Crippen LogP contribution >= 0.6 is 0 Å². The molecule has 18 N–H and O–H groups in total. The molecular weight excluding hydrogens is 851 g/mol. The largest absolute Gasteiger partial charge is 0.507 e. The van der Waals surface area contributed by atoms with Gasteiger partial charge in [-0.05, 0) is 79.5 Å². The predicted molar refractivity (Wildman–Crippen MR) is 247 cm³/mol. The van der Waals surface area contributed by atoms with Gasteiger partial charge in [-0.1, -0.05) is 6.07 Å². The Morgan fingerprint density at radius 2 is 0.985 bits per heavy atom. The molecule has 0 saturated carbocycles. The van der Waals surface area contributed by atoms with E-state index < -0.39 is 42.0 Å². The molecular formula is C40H75N15O10. The molecule has 0 aliphatic rings. The predicted octanol–water partition coefficient (Wildman–Crippen LogP) is -4.09. The molecule has 0 aromatic heterocycles. The van der Waals surface area contributed by atoms with Gasteiger partial charge in [-0.2, -0.15) is 0 Å². The SMILES string of the molecule is CNC(=O)CN.CNC(=O)CNC(=O)C(C)N.CNC(=O)CNC(=O)C(C)NC(=O)N[C@@H](C)[C@H](C)N.CNC(=O)CNC(=O)C(C)NC(=O)N[C@@H](C)[C@H](C)N=Cc1cc(C)cc(C)c1O. The molecule has 3 unspecified atom stereocenters. The Balaban J connectivity index is -0.000000909. The fourth-order valence-corrected chi connectivity index (χ4v) is 4.03. The lowest BCUT2D eigenvalue weighted by Gasteiger charge is -2.20. The standard InChI is InChI=1S/C20H31N5O4.C11H23N5O3.C6H13N3O2.C3H8N2O/c1-11-7-12(2)18(27)16(8-11)9-22-13(3)14(4)24-20(29)25-15(5)19(28)23-10-17(26)21-6;1-6(12)7(2)15-11(19)16-8(3)10(18)14-5-9(17)13-4;1-4(7)6(11)9-3-5(10)8-2;1-5-3(6)2-4/h7-9,13-15,27H,10H2,1-6H3,(H,21,26)(H,23,28)(H2,24,25,29);6-8H,5,12H2,1-4H3,(H,13,17)(H,14,18)(H2,15,16,19);4H,3,7H2,1-2H3,(H,8,10)(H,9,11);2,4H2,1H3,(H,5,6)/t13-,14-,15?;6-,7-,8?;;/m00../s1. The number of phenols is 1. The lowest BCUT2D eigenvalue weighted by atomic mass is 10.1. The molecule has 0 spiro atoms. The van der Waals surface area contributed by atoms with Crippen LogP contribution in [0.1, 0.15) is 65.2 Å². The monoisotopic (exact) mass is 926 g/mol. The molecule has 0 aliphatic carbocycles. The molecule has 1 rings (SSSR count). The molecule has 65 heavy (non-hydrogen) atoms. The molecule has 7 atom stereocenters. The van der Waals surface area contributed by atoms with Crippen molar-refractivity contribution >= 4 is 59.6 Å². The van der Waals surface area contributed by atoms with Crippen molar-refractivity contribution in [3.05, 3.63) is 28.8 Å². The molecule has 0 fully saturated rings. The van der Waals surface area contributed by atoms with Gasteiger partial charge in [0, 0.05) is 58.1 Å². The van der Waals surface area contributed by atoms with Crippen molar-refractivity contribution in [2.45, 2.75) is 105 Å². The van der Waals surface area contributed by atoms with Crippen LogP contribution in [-0.4, -0.2) is 161 Å². The summed E-state index contributed by atoms with van der Waals surface area (Å²) in [5.41, 5.74) is 18.1. The lowest BCUT2D eigenvalue weighted by Crippen LogP contribution is -2.53. The van der Waals surface area contributed by atoms with E-state index in [-0.39, 0.29) is 85.6 Å². The van der Waals surface area contributed by atoms with E-state index in [1.165, 1.54) is 35.0 Å². The zero-order valence-corrected chi connectivity index (χ0v) is 39.9. The fourth-order valence-electron chi connectivity index (χ4n) is 4.03. The number of hydrogen-bond donors (Lipinski definition) is 15. The normalized spacial score (nSPS) is 13.3. The first-order valence-electron chi connectivity index (χ1n) is 20.5. The molecule has 25 heteroatoms. The van der Waals surface area contributed by atoms with Crippen LogP contribution < -0.4 is 75.7 Å². The van der Waals surface area contributed by atoms with Gasteiger partial charge in [-0.25, -0.2) is 9.59 Å². The minimum Gasteiger partial charge on any atom is -0.507 e. The summed E-state index contributed by atoms with van der Waals surface area (Å²) in [6.07, 6.45) is 1.59. The van der Waals surface area contributed by atoms with Crippen LogP contribution in [0.15, 0.2) is 17.1 Å². The van der Waals surface area contributed by atoms with Crippen LogP contribution in [0, 0.1) is 13.8 Å². The van der Waals surface area contributed by atoms with Crippen molar-refractivity contribution in [2.75, 3.05) is 54.4 Å². The number of nitrogens with one attached hydrogen (secondary N) is 11. The summed E-state index contributed by atoms with van der Waals surface area (Å²) in [5.74, 6) is -2.05. The van der Waals surface area contributed by atoms with Crippen LogP contribution in [0.5, 0.6) is 5.75 Å². The number of benzene rings is 1. The molecule has 0 bridgehead atoms. The Kier molecular flexibility index (Phi) is 33.6. The average Bonchev–Trinajstić information content (AvgIpc) is 3.26. The highest BCUT2D eigenvalue weighted by atomic mass is 16.3. The molecule has 0 aliphatic heterocycles. The molecule has 370 valence electrons. The van der Waals surface area contributed by atoms with Gasteiger partial charge in [0.1, 0.15) is 17.8 Å². The maximum absolute atomic E-state index is 12.1. The highest BCUT2D eigenvalue weighted by molar-refractivity contribution is 5.91. The second kappa shape index (κ2) is 34.8. The van der Waals surface area contributed by atoms with Gasteiger partial charge >= 0.3 is 12.1 Å². The van der Waals surface area contributed by atoms with E-state index in [9.17, 15) is 48.3 Å². The van der Waals surface area contributed by atoms with Gasteiger partial charge < -0.3 is 80.8 Å². The third-order valence-corrected chi connectivity index (χ3v) is 8.62. The maximum atomic E-state index is 12.1. The molecule has 1 aromatic rings. The first-order chi connectivity index (χ1) is 30.2. The van der Waals surface area contributed by atoms with E-state index in [1.807, 2.05) is 32.9 Å². The minimum atomic E-state index is -0.808. The lowest BCUT2D eigenvalue weighted by molar-refractivity contribution is -0.126. The summed E-state index contributed by atoms with van der Waals surface area (Å²) >= 11 is 0. The highest BCUT2D eigenvalue weighted by Gasteiger charge is 2.20. The Hall–Kier alpha value is -6.60. The van der Waals surface area contributed by atoms with Crippen LogP contribution in [0.2, 0.25) is 0 Å². The third-order valence-electron chi connectivity index (χ3n) is 8.62. The van der Waals surface area contributed by atoms with Crippen molar-refractivity contribution in [3.63, 3.8) is 0 Å². The smallest absolute Gasteiger partial charge is 0.315 e. The number of aliphatic imine (C=N–C) groups is 1. The summed E-state index contributed by atoms with van der Waals surface area (Å²) in [6, 6.07) is -0.381. The number of phenolic OH excluding ortho intramolecular Hbond substituents is 1. The van der Waals surface area contributed by atoms with E-state index in [1.54, 1.807) is 41.0 Å². The maximum Gasteiger partial charge on any atom is 0.315 e. The van der Waals surface area contributed by atoms with Crippen LogP contribution in [0.25, 0.3) is 0 Å². The Bertz CT molecular complexity index is 1720. The quantitative estimate of drug-likeness (QED) is 0.0624. The molecule has 0 radical (unpaired) electrons. The van der Waals surface area contributed by atoms with Crippen molar-refractivity contribution in [1.82, 2.24) is 58.5 Å². The zero-order chi connectivity index (χ0) is 51.0. The van der Waals surface area contributed by atoms with Gasteiger partial charge in [0.15, 0.2) is 0 Å². The summed E-state index contributed by atoms with van der Waals surface area (Å²) in [4.78, 5) is 105. The highest BCUT2D eigenvalue weighted by Crippen LogP contribution is 2.22. The first-order valence-corrected chi connectivity index (χ1v) is 20.5. The number of amides is 11. The summed E-state index contributed by atoms with van der Waals surface area (Å²) in [7, 11) is 5.99. The molecule has 0 saturated heterocycles. The number of nitrogens with zero attached hydrogens (tertiary/aromatic N) is 1. The number of likely N-dealkylation sites (N-methyl/N-ethyl adjacent to an activating group) is 4. The molecule has 25 nitrogen and oxygen atoms in total. The first kappa shape index (κ1) is 62.7. The summed E-state index contributed by atoms with van der Waals surface area (Å²) in [5, 5.41) is 37.1. The minimum absolute atomic E-state index is 0.0170. The summed E-state index contributed by atoms with van der Waals surface area (Å²) < 4.78 is 0. The topological polar surface area (TPSA) is 397 Å². The van der Waals surface area contributed by atoms with E-state index in [2.05, 4.69) is 63.5 Å². The van der Waals surface area contributed by atoms with E-state index in [0.29, 0.717) is 5.56 Å². The molecule has 11 amide bonds. The van der Waals surface area contributed by atoms with Gasteiger partial charge in [0.05, 0.1) is 38.3 Å². The molecule has 0 heterocycles. The van der Waals surface area contributed by atoms with Crippen molar-refractivity contribution in [3.8, 4) is 5.75 Å². The number of urea groups is 2. The third kappa shape index (κ3) is 31.0. The number of carbonyl (C=O) groups excluding carboxylic acids is 9. The number of aryl methyl sites for hydroxylation is 2. The number of nitrogens with two attached hydrogens (primary N) is 3. The Morgan fingerprint density at radius 1 is 0.600 bits per heavy atom. The van der Waals surface area contributed by atoms with Crippen LogP contribution in [0.4, 0.5) is 9.59 Å². The zero-order valence-electron chi connectivity index (χ0n) is 39.9. The number of carbonyl (C=O) groups is 9. The van der Waals surface area contributed by atoms with Crippen LogP contribution in [-0.2, 0) is 33.6 Å². The van der Waals surface area contributed by atoms with Gasteiger partial charge in [0.25, 0.3) is 0 Å². The van der Waals surface area contributed by atoms with Crippen molar-refractivity contribution in [1.29, 1.82) is 0 Å². The van der Waals surface area contributed by atoms with E-state index >= 15 is 0 Å². The van der Waals surface area contributed by atoms with Crippen molar-refractivity contribution in [2.24, 2.45) is 22.2 Å². The fraction of sp³-hybridized carbons (Fsp3) is 0.600. The van der Waals surface area contributed by atoms with Crippen LogP contribution in [0.3, 0.4) is 0 Å². The Labute approximate surface area is 381 Å². The number of hydrogen-bond acceptors (Lipinski definition) is 14.